The lowest BCUT2D eigenvalue weighted by Crippen LogP contribution is -2.69. The number of nitro groups is 1. The molecule has 0 radical (unpaired) electrons. The number of halogens is 1. The maximum Gasteiger partial charge on any atom is 0.457 e. The van der Waals surface area contributed by atoms with Gasteiger partial charge in [-0.2, -0.15) is 0 Å². The van der Waals surface area contributed by atoms with Gasteiger partial charge in [0.05, 0.1) is 25.7 Å². The summed E-state index contributed by atoms with van der Waals surface area (Å²) >= 11 is 3.33. The molecule has 1 saturated heterocycles. The van der Waals surface area contributed by atoms with E-state index in [1.807, 2.05) is 6.92 Å². The van der Waals surface area contributed by atoms with Crippen LogP contribution in [0, 0.1) is 72.7 Å². The van der Waals surface area contributed by atoms with Crippen molar-refractivity contribution in [3.8, 4) is 0 Å². The van der Waals surface area contributed by atoms with Gasteiger partial charge in [-0.05, 0) is 101 Å². The number of aliphatic carboxylic acids is 1. The van der Waals surface area contributed by atoms with E-state index < -0.39 is 50.7 Å². The van der Waals surface area contributed by atoms with Gasteiger partial charge in [0.15, 0.2) is 0 Å². The summed E-state index contributed by atoms with van der Waals surface area (Å²) in [5, 5.41) is 28.0. The van der Waals surface area contributed by atoms with Crippen LogP contribution in [-0.2, 0) is 14.3 Å². The molecule has 12 heteroatoms. The summed E-state index contributed by atoms with van der Waals surface area (Å²) < 4.78 is 15.2. The SMILES string of the molecule is CC(C)[C@@H](C)[C@@]1(C)CC[C@]2(C)[C@H]3CC[C@@H]4[C@@]5(COC[C@]4(C)[C@@H](OC[C@](C)(N)C(C)C)[C@H](n4nc(Br)nc4[N+](=O)[O-])C5)C3=CC[C@@]2(C)[C@@H]1C(=O)O. The molecule has 0 aromatic carbocycles. The fourth-order valence-corrected chi connectivity index (χ4v) is 12.5. The molecule has 2 heterocycles. The van der Waals surface area contributed by atoms with Crippen LogP contribution in [-0.4, -0.2) is 62.2 Å². The molecule has 280 valence electrons. The second-order valence-corrected chi connectivity index (χ2v) is 19.6. The third-order valence-electron chi connectivity index (χ3n) is 16.0. The monoisotopic (exact) mass is 761 g/mol. The molecule has 6 rings (SSSR count). The molecule has 1 aromatic rings. The van der Waals surface area contributed by atoms with Crippen LogP contribution in [0.1, 0.15) is 114 Å². The Kier molecular flexibility index (Phi) is 9.34. The Balaban J connectivity index is 1.49. The summed E-state index contributed by atoms with van der Waals surface area (Å²) in [6, 6.07) is -0.489. The van der Waals surface area contributed by atoms with Crippen molar-refractivity contribution < 1.29 is 24.3 Å². The van der Waals surface area contributed by atoms with Gasteiger partial charge >= 0.3 is 16.7 Å². The van der Waals surface area contributed by atoms with Gasteiger partial charge in [-0.3, -0.25) is 4.79 Å². The van der Waals surface area contributed by atoms with Crippen LogP contribution in [0.3, 0.4) is 0 Å². The van der Waals surface area contributed by atoms with Gasteiger partial charge in [0.2, 0.25) is 0 Å². The van der Waals surface area contributed by atoms with Crippen LogP contribution < -0.4 is 5.73 Å². The van der Waals surface area contributed by atoms with E-state index in [4.69, 9.17) is 15.2 Å². The molecular formula is C38H60BrN5O6. The fourth-order valence-electron chi connectivity index (χ4n) is 12.2. The summed E-state index contributed by atoms with van der Waals surface area (Å²) in [6.45, 7) is 23.2. The molecule has 1 aliphatic heterocycles. The first-order chi connectivity index (χ1) is 23.1. The number of hydrogen-bond donors (Lipinski definition) is 2. The molecule has 4 aliphatic carbocycles. The van der Waals surface area contributed by atoms with Gasteiger partial charge in [0.1, 0.15) is 12.1 Å². The van der Waals surface area contributed by atoms with Crippen LogP contribution in [0.15, 0.2) is 16.4 Å². The molecule has 0 unspecified atom stereocenters. The molecule has 0 amide bonds. The van der Waals surface area contributed by atoms with E-state index in [0.29, 0.717) is 32.0 Å². The summed E-state index contributed by atoms with van der Waals surface area (Å²) in [4.78, 5) is 29.6. The maximum absolute atomic E-state index is 13.5. The summed E-state index contributed by atoms with van der Waals surface area (Å²) in [5.41, 5.74) is 5.60. The standard InChI is InChI=1S/C38H60BrN5O6/c1-21(2)23(5)33(6)15-16-35(8)24-11-12-27-34(7)18-49-20-38(27,25(24)13-14-36(35,9)28(33)30(45)46)17-26(29(34)50-19-37(10,40)22(3)4)43-32(44(47)48)41-31(39)42-43/h13,21-24,26-29H,11-12,14-20,40H2,1-10H3,(H,45,46)/t23-,24+,26-,27+,28-,29+,33-,34+,35-,36+,37+,38+/m1/s1. The number of allylic oxidation sites excluding steroid dienone is 1. The van der Waals surface area contributed by atoms with E-state index in [0.717, 1.165) is 25.7 Å². The van der Waals surface area contributed by atoms with Crippen LogP contribution >= 0.6 is 15.9 Å². The normalized spacial score (nSPS) is 42.9. The van der Waals surface area contributed by atoms with Gasteiger partial charge in [-0.15, -0.1) is 4.68 Å². The van der Waals surface area contributed by atoms with E-state index in [2.05, 4.69) is 94.4 Å². The number of ether oxygens (including phenoxy) is 2. The van der Waals surface area contributed by atoms with E-state index in [1.54, 1.807) is 0 Å². The minimum Gasteiger partial charge on any atom is -0.481 e. The average molecular weight is 763 g/mol. The maximum atomic E-state index is 13.5. The predicted molar refractivity (Wildman–Crippen MR) is 194 cm³/mol. The summed E-state index contributed by atoms with van der Waals surface area (Å²) in [5.74, 6) is -0.297. The average Bonchev–Trinajstić information content (AvgIpc) is 3.41. The minimum atomic E-state index is -0.680. The highest BCUT2D eigenvalue weighted by Gasteiger charge is 2.72. The topological polar surface area (TPSA) is 156 Å². The second-order valence-electron chi connectivity index (χ2n) is 18.9. The fraction of sp³-hybridized carbons (Fsp3) is 0.868. The first kappa shape index (κ1) is 37.9. The van der Waals surface area contributed by atoms with Crippen molar-refractivity contribution in [1.29, 1.82) is 0 Å². The Bertz CT molecular complexity index is 1560. The molecule has 2 bridgehead atoms. The quantitative estimate of drug-likeness (QED) is 0.145. The highest BCUT2D eigenvalue weighted by molar-refractivity contribution is 9.10. The molecule has 3 N–H and O–H groups in total. The zero-order valence-corrected chi connectivity index (χ0v) is 33.4. The highest BCUT2D eigenvalue weighted by Crippen LogP contribution is 2.75. The Labute approximate surface area is 306 Å². The predicted octanol–water partition coefficient (Wildman–Crippen LogP) is 7.84. The number of rotatable bonds is 9. The highest BCUT2D eigenvalue weighted by atomic mass is 79.9. The number of hydrogen-bond acceptors (Lipinski definition) is 8. The van der Waals surface area contributed by atoms with Gasteiger partial charge in [-0.25, -0.2) is 0 Å². The summed E-state index contributed by atoms with van der Waals surface area (Å²) in [7, 11) is 0. The smallest absolute Gasteiger partial charge is 0.457 e. The Morgan fingerprint density at radius 3 is 2.46 bits per heavy atom. The number of fused-ring (bicyclic) bond motifs is 3. The number of carboxylic acids is 1. The van der Waals surface area contributed by atoms with E-state index in [1.165, 1.54) is 10.3 Å². The zero-order valence-electron chi connectivity index (χ0n) is 31.8. The van der Waals surface area contributed by atoms with Crippen molar-refractivity contribution in [3.05, 3.63) is 26.5 Å². The third kappa shape index (κ3) is 5.22. The minimum absolute atomic E-state index is 0.155. The van der Waals surface area contributed by atoms with E-state index >= 15 is 0 Å². The first-order valence-corrected chi connectivity index (χ1v) is 19.6. The lowest BCUT2D eigenvalue weighted by molar-refractivity contribution is -0.399. The van der Waals surface area contributed by atoms with E-state index in [-0.39, 0.29) is 51.8 Å². The van der Waals surface area contributed by atoms with Gasteiger partial charge in [0, 0.05) is 32.3 Å². The number of aromatic nitrogens is 3. The largest absolute Gasteiger partial charge is 0.481 e. The molecule has 11 nitrogen and oxygen atoms in total. The van der Waals surface area contributed by atoms with Crippen LogP contribution in [0.25, 0.3) is 0 Å². The molecule has 3 saturated carbocycles. The molecular weight excluding hydrogens is 702 g/mol. The Morgan fingerprint density at radius 2 is 1.86 bits per heavy atom. The molecule has 4 fully saturated rings. The number of nitrogens with two attached hydrogens (primary N) is 1. The second kappa shape index (κ2) is 12.3. The van der Waals surface area contributed by atoms with E-state index in [9.17, 15) is 20.0 Å². The van der Waals surface area contributed by atoms with Crippen LogP contribution in [0.4, 0.5) is 5.95 Å². The Morgan fingerprint density at radius 1 is 1.18 bits per heavy atom. The zero-order chi connectivity index (χ0) is 37.0. The van der Waals surface area contributed by atoms with Gasteiger partial charge in [0.25, 0.3) is 0 Å². The third-order valence-corrected chi connectivity index (χ3v) is 16.4. The Hall–Kier alpha value is -1.89. The van der Waals surface area contributed by atoms with Crippen molar-refractivity contribution in [2.24, 2.45) is 68.3 Å². The van der Waals surface area contributed by atoms with Crippen LogP contribution in [0.2, 0.25) is 0 Å². The van der Waals surface area contributed by atoms with Gasteiger partial charge < -0.3 is 30.4 Å². The molecule has 1 aromatic heterocycles. The molecule has 50 heavy (non-hydrogen) atoms. The number of carboxylic acid groups (broad SMARTS) is 1. The van der Waals surface area contributed by atoms with Crippen molar-refractivity contribution in [1.82, 2.24) is 14.8 Å². The lowest BCUT2D eigenvalue weighted by Gasteiger charge is -2.71. The van der Waals surface area contributed by atoms with Crippen LogP contribution in [0.5, 0.6) is 0 Å². The summed E-state index contributed by atoms with van der Waals surface area (Å²) in [6.07, 6.45) is 6.92. The number of carbonyl (C=O) groups is 1. The van der Waals surface area contributed by atoms with Crippen molar-refractivity contribution >= 4 is 27.8 Å². The first-order valence-electron chi connectivity index (χ1n) is 18.8. The molecule has 5 aliphatic rings. The molecule has 12 atom stereocenters. The van der Waals surface area contributed by atoms with Crippen molar-refractivity contribution in [3.63, 3.8) is 0 Å². The van der Waals surface area contributed by atoms with Crippen molar-refractivity contribution in [2.45, 2.75) is 125 Å². The number of nitrogens with zero attached hydrogens (tertiary/aromatic N) is 4. The lowest BCUT2D eigenvalue weighted by atomic mass is 9.34. The van der Waals surface area contributed by atoms with Crippen molar-refractivity contribution in [2.75, 3.05) is 19.8 Å². The molecule has 0 spiro atoms. The van der Waals surface area contributed by atoms with Gasteiger partial charge in [-0.1, -0.05) is 79.1 Å².